The Hall–Kier alpha value is -1.56. The van der Waals surface area contributed by atoms with Crippen molar-refractivity contribution in [3.63, 3.8) is 0 Å². The van der Waals surface area contributed by atoms with Crippen molar-refractivity contribution < 1.29 is 0 Å². The highest BCUT2D eigenvalue weighted by Gasteiger charge is 2.05. The number of fused-ring (bicyclic) bond motifs is 1. The molecule has 2 aromatic rings. The fraction of sp³-hybridized carbons (Fsp3) is 0. The lowest BCUT2D eigenvalue weighted by atomic mass is 10.3. The largest absolute Gasteiger partial charge is 0.389 e. The summed E-state index contributed by atoms with van der Waals surface area (Å²) < 4.78 is 1.71. The van der Waals surface area contributed by atoms with Crippen LogP contribution in [0.15, 0.2) is 18.6 Å². The Bertz CT molecular complexity index is 434. The van der Waals surface area contributed by atoms with Gasteiger partial charge in [0.05, 0.1) is 5.56 Å². The van der Waals surface area contributed by atoms with Gasteiger partial charge in [-0.1, -0.05) is 12.2 Å². The van der Waals surface area contributed by atoms with Crippen molar-refractivity contribution in [3.05, 3.63) is 24.2 Å². The number of nitrogens with two attached hydrogens (primary N) is 1. The molecule has 0 aliphatic rings. The van der Waals surface area contributed by atoms with Gasteiger partial charge >= 0.3 is 0 Å². The Labute approximate surface area is 73.2 Å². The first kappa shape index (κ1) is 7.11. The maximum atomic E-state index is 5.45. The van der Waals surface area contributed by atoms with Crippen molar-refractivity contribution in [1.29, 1.82) is 0 Å². The lowest BCUT2D eigenvalue weighted by Gasteiger charge is -1.92. The van der Waals surface area contributed by atoms with Gasteiger partial charge in [-0.2, -0.15) is 0 Å². The van der Waals surface area contributed by atoms with Crippen LogP contribution in [0.1, 0.15) is 5.56 Å². The lowest BCUT2D eigenvalue weighted by Crippen LogP contribution is -2.09. The molecule has 2 aromatic heterocycles. The lowest BCUT2D eigenvalue weighted by molar-refractivity contribution is 0.825. The van der Waals surface area contributed by atoms with Crippen molar-refractivity contribution in [2.75, 3.05) is 0 Å². The molecule has 60 valence electrons. The molecule has 6 heteroatoms. The monoisotopic (exact) mass is 179 g/mol. The summed E-state index contributed by atoms with van der Waals surface area (Å²) >= 11 is 4.82. The number of aromatic nitrogens is 4. The van der Waals surface area contributed by atoms with Crippen LogP contribution in [0.4, 0.5) is 0 Å². The minimum atomic E-state index is 0.318. The van der Waals surface area contributed by atoms with Gasteiger partial charge in [-0.15, -0.1) is 10.2 Å². The Kier molecular flexibility index (Phi) is 1.47. The molecule has 0 spiro atoms. The number of nitrogens with zero attached hydrogens (tertiary/aromatic N) is 4. The van der Waals surface area contributed by atoms with Crippen LogP contribution in [0.5, 0.6) is 0 Å². The van der Waals surface area contributed by atoms with Crippen LogP contribution in [-0.2, 0) is 0 Å². The first-order chi connectivity index (χ1) is 5.79. The highest BCUT2D eigenvalue weighted by atomic mass is 32.1. The predicted octanol–water partition coefficient (Wildman–Crippen LogP) is -0.242. The molecule has 0 aliphatic heterocycles. The molecule has 2 heterocycles. The zero-order valence-corrected chi connectivity index (χ0v) is 6.82. The summed E-state index contributed by atoms with van der Waals surface area (Å²) in [4.78, 5) is 0.318. The van der Waals surface area contributed by atoms with Crippen molar-refractivity contribution in [3.8, 4) is 0 Å². The number of hydrogen-bond acceptors (Lipinski definition) is 4. The van der Waals surface area contributed by atoms with E-state index in [1.807, 2.05) is 0 Å². The van der Waals surface area contributed by atoms with Gasteiger partial charge < -0.3 is 5.73 Å². The molecule has 12 heavy (non-hydrogen) atoms. The fourth-order valence-electron chi connectivity index (χ4n) is 0.977. The highest BCUT2D eigenvalue weighted by Crippen LogP contribution is 2.06. The molecule has 0 aliphatic carbocycles. The van der Waals surface area contributed by atoms with E-state index in [9.17, 15) is 0 Å². The quantitative estimate of drug-likeness (QED) is 0.612. The van der Waals surface area contributed by atoms with Crippen LogP contribution < -0.4 is 5.73 Å². The Morgan fingerprint density at radius 2 is 2.42 bits per heavy atom. The van der Waals surface area contributed by atoms with E-state index in [0.29, 0.717) is 10.6 Å². The molecule has 0 atom stereocenters. The first-order valence-electron chi connectivity index (χ1n) is 3.24. The van der Waals surface area contributed by atoms with E-state index in [0.717, 1.165) is 5.56 Å². The second kappa shape index (κ2) is 2.49. The van der Waals surface area contributed by atoms with Gasteiger partial charge in [-0.3, -0.25) is 4.40 Å². The molecule has 2 N–H and O–H groups in total. The summed E-state index contributed by atoms with van der Waals surface area (Å²) in [7, 11) is 0. The van der Waals surface area contributed by atoms with Gasteiger partial charge in [0.15, 0.2) is 5.65 Å². The Balaban J connectivity index is 2.79. The molecular formula is C6H5N5S. The average Bonchev–Trinajstić information content (AvgIpc) is 2.47. The van der Waals surface area contributed by atoms with Crippen LogP contribution in [0.25, 0.3) is 5.65 Å². The van der Waals surface area contributed by atoms with Crippen LogP contribution in [0, 0.1) is 0 Å². The second-order valence-corrected chi connectivity index (χ2v) is 2.68. The van der Waals surface area contributed by atoms with E-state index in [1.54, 1.807) is 23.0 Å². The molecule has 0 saturated carbocycles. The molecule has 0 fully saturated rings. The predicted molar refractivity (Wildman–Crippen MR) is 46.7 cm³/mol. The second-order valence-electron chi connectivity index (χ2n) is 2.24. The molecule has 5 nitrogen and oxygen atoms in total. The molecule has 0 amide bonds. The maximum absolute atomic E-state index is 5.45. The maximum Gasteiger partial charge on any atom is 0.172 e. The SMILES string of the molecule is NC(=S)c1ccn2cnnnc12. The van der Waals surface area contributed by atoms with Gasteiger partial charge in [-0.05, 0) is 11.3 Å². The molecule has 0 unspecified atom stereocenters. The average molecular weight is 179 g/mol. The van der Waals surface area contributed by atoms with Crippen LogP contribution >= 0.6 is 12.2 Å². The standard InChI is InChI=1S/C6H5N5S/c7-5(12)4-1-2-11-3-8-10-9-6(4)11/h1-3H,(H2,7,12). The summed E-state index contributed by atoms with van der Waals surface area (Å²) in [6.45, 7) is 0. The highest BCUT2D eigenvalue weighted by molar-refractivity contribution is 7.80. The van der Waals surface area contributed by atoms with Crippen molar-refractivity contribution in [2.45, 2.75) is 0 Å². The fourth-order valence-corrected chi connectivity index (χ4v) is 1.14. The Morgan fingerprint density at radius 1 is 1.58 bits per heavy atom. The summed E-state index contributed by atoms with van der Waals surface area (Å²) in [6.07, 6.45) is 3.33. The molecule has 0 aromatic carbocycles. The number of hydrogen-bond donors (Lipinski definition) is 1. The van der Waals surface area contributed by atoms with E-state index < -0.39 is 0 Å². The van der Waals surface area contributed by atoms with Gasteiger partial charge in [-0.25, -0.2) is 0 Å². The third-order valence-electron chi connectivity index (χ3n) is 1.52. The van der Waals surface area contributed by atoms with E-state index >= 15 is 0 Å². The van der Waals surface area contributed by atoms with Crippen LogP contribution in [-0.4, -0.2) is 24.8 Å². The summed E-state index contributed by atoms with van der Waals surface area (Å²) in [5.41, 5.74) is 6.81. The van der Waals surface area contributed by atoms with Gasteiger partial charge in [0.1, 0.15) is 11.3 Å². The summed E-state index contributed by atoms with van der Waals surface area (Å²) in [6, 6.07) is 1.79. The normalized spacial score (nSPS) is 10.3. The van der Waals surface area contributed by atoms with Crippen molar-refractivity contribution >= 4 is 22.9 Å². The van der Waals surface area contributed by atoms with E-state index in [-0.39, 0.29) is 0 Å². The smallest absolute Gasteiger partial charge is 0.172 e. The zero-order chi connectivity index (χ0) is 8.55. The summed E-state index contributed by atoms with van der Waals surface area (Å²) in [5, 5.41) is 10.9. The van der Waals surface area contributed by atoms with Gasteiger partial charge in [0, 0.05) is 6.20 Å². The number of rotatable bonds is 1. The molecule has 0 saturated heterocycles. The van der Waals surface area contributed by atoms with E-state index in [1.165, 1.54) is 0 Å². The first-order valence-corrected chi connectivity index (χ1v) is 3.64. The zero-order valence-electron chi connectivity index (χ0n) is 6.01. The minimum Gasteiger partial charge on any atom is -0.389 e. The van der Waals surface area contributed by atoms with Crippen molar-refractivity contribution in [2.24, 2.45) is 5.73 Å². The number of thiocarbonyl (C=S) groups is 1. The Morgan fingerprint density at radius 3 is 3.17 bits per heavy atom. The van der Waals surface area contributed by atoms with E-state index in [4.69, 9.17) is 18.0 Å². The topological polar surface area (TPSA) is 69.1 Å². The summed E-state index contributed by atoms with van der Waals surface area (Å²) in [5.74, 6) is 0. The molecular weight excluding hydrogens is 174 g/mol. The van der Waals surface area contributed by atoms with Crippen molar-refractivity contribution in [1.82, 2.24) is 19.8 Å². The van der Waals surface area contributed by atoms with Gasteiger partial charge in [0.25, 0.3) is 0 Å². The van der Waals surface area contributed by atoms with Crippen LogP contribution in [0.2, 0.25) is 0 Å². The third kappa shape index (κ3) is 0.928. The minimum absolute atomic E-state index is 0.318. The van der Waals surface area contributed by atoms with E-state index in [2.05, 4.69) is 15.4 Å². The van der Waals surface area contributed by atoms with Gasteiger partial charge in [0.2, 0.25) is 0 Å². The molecule has 2 rings (SSSR count). The molecule has 0 bridgehead atoms. The van der Waals surface area contributed by atoms with Crippen LogP contribution in [0.3, 0.4) is 0 Å². The molecule has 0 radical (unpaired) electrons. The third-order valence-corrected chi connectivity index (χ3v) is 1.74.